The molecular formula is C13H17NO2. The highest BCUT2D eigenvalue weighted by Crippen LogP contribution is 2.41. The molecule has 0 amide bonds. The van der Waals surface area contributed by atoms with Gasteiger partial charge in [-0.15, -0.1) is 0 Å². The van der Waals surface area contributed by atoms with Gasteiger partial charge < -0.3 is 10.5 Å². The molecule has 0 aromatic heterocycles. The average molecular weight is 219 g/mol. The van der Waals surface area contributed by atoms with E-state index >= 15 is 0 Å². The van der Waals surface area contributed by atoms with Crippen molar-refractivity contribution < 1.29 is 9.53 Å². The van der Waals surface area contributed by atoms with Crippen LogP contribution in [0.15, 0.2) is 18.2 Å². The summed E-state index contributed by atoms with van der Waals surface area (Å²) in [6, 6.07) is 5.97. The maximum atomic E-state index is 11.6. The van der Waals surface area contributed by atoms with Gasteiger partial charge in [-0.1, -0.05) is 19.1 Å². The van der Waals surface area contributed by atoms with Crippen LogP contribution in [0.4, 0.5) is 5.69 Å². The Labute approximate surface area is 95.6 Å². The maximum absolute atomic E-state index is 11.6. The van der Waals surface area contributed by atoms with E-state index in [9.17, 15) is 4.79 Å². The second kappa shape index (κ2) is 4.16. The number of hydrogen-bond acceptors (Lipinski definition) is 3. The lowest BCUT2D eigenvalue weighted by molar-refractivity contribution is -0.145. The summed E-state index contributed by atoms with van der Waals surface area (Å²) in [6.07, 6.45) is 1.99. The smallest absolute Gasteiger partial charge is 0.308 e. The molecule has 16 heavy (non-hydrogen) atoms. The molecule has 0 radical (unpaired) electrons. The number of nitrogen functional groups attached to an aromatic ring is 1. The molecule has 0 saturated heterocycles. The first-order chi connectivity index (χ1) is 7.65. The third-order valence-electron chi connectivity index (χ3n) is 3.50. The third-order valence-corrected chi connectivity index (χ3v) is 3.50. The number of rotatable bonds is 2. The van der Waals surface area contributed by atoms with Crippen LogP contribution in [0.2, 0.25) is 0 Å². The number of ether oxygens (including phenoxy) is 1. The molecule has 2 atom stereocenters. The van der Waals surface area contributed by atoms with Crippen LogP contribution in [0, 0.1) is 5.92 Å². The number of carbonyl (C=O) groups excluding carboxylic acids is 1. The lowest BCUT2D eigenvalue weighted by Gasteiger charge is -2.19. The maximum Gasteiger partial charge on any atom is 0.308 e. The summed E-state index contributed by atoms with van der Waals surface area (Å²) in [6.45, 7) is 1.91. The summed E-state index contributed by atoms with van der Waals surface area (Å²) < 4.78 is 4.80. The molecule has 0 fully saturated rings. The van der Waals surface area contributed by atoms with Gasteiger partial charge in [-0.05, 0) is 36.0 Å². The Kier molecular flexibility index (Phi) is 2.86. The van der Waals surface area contributed by atoms with Gasteiger partial charge in [0.1, 0.15) is 0 Å². The van der Waals surface area contributed by atoms with Crippen LogP contribution in [0.5, 0.6) is 0 Å². The van der Waals surface area contributed by atoms with Crippen molar-refractivity contribution in [3.8, 4) is 0 Å². The first-order valence-electron chi connectivity index (χ1n) is 5.60. The van der Waals surface area contributed by atoms with Gasteiger partial charge in [0, 0.05) is 5.69 Å². The molecule has 86 valence electrons. The number of anilines is 1. The highest BCUT2D eigenvalue weighted by Gasteiger charge is 2.33. The lowest BCUT2D eigenvalue weighted by Crippen LogP contribution is -2.20. The Hall–Kier alpha value is -1.51. The number of aryl methyl sites for hydroxylation is 1. The minimum absolute atomic E-state index is 0.115. The zero-order valence-electron chi connectivity index (χ0n) is 9.69. The Morgan fingerprint density at radius 1 is 1.56 bits per heavy atom. The molecule has 1 aromatic carbocycles. The van der Waals surface area contributed by atoms with Crippen LogP contribution >= 0.6 is 0 Å². The van der Waals surface area contributed by atoms with E-state index in [0.29, 0.717) is 0 Å². The first kappa shape index (κ1) is 11.0. The largest absolute Gasteiger partial charge is 0.469 e. The van der Waals surface area contributed by atoms with Crippen molar-refractivity contribution in [1.82, 2.24) is 0 Å². The van der Waals surface area contributed by atoms with Gasteiger partial charge in [0.05, 0.1) is 13.0 Å². The van der Waals surface area contributed by atoms with Gasteiger partial charge in [-0.3, -0.25) is 4.79 Å². The molecule has 0 saturated carbocycles. The Morgan fingerprint density at radius 2 is 2.31 bits per heavy atom. The molecule has 1 aliphatic carbocycles. The summed E-state index contributed by atoms with van der Waals surface area (Å²) in [4.78, 5) is 11.6. The van der Waals surface area contributed by atoms with Crippen molar-refractivity contribution in [2.24, 2.45) is 5.92 Å². The van der Waals surface area contributed by atoms with Crippen molar-refractivity contribution in [2.75, 3.05) is 12.8 Å². The molecule has 1 aliphatic rings. The fraction of sp³-hybridized carbons (Fsp3) is 0.462. The minimum Gasteiger partial charge on any atom is -0.469 e. The van der Waals surface area contributed by atoms with E-state index < -0.39 is 0 Å². The number of carbonyl (C=O) groups is 1. The Balaban J connectivity index is 2.33. The van der Waals surface area contributed by atoms with Crippen LogP contribution in [0.1, 0.15) is 30.4 Å². The second-order valence-electron chi connectivity index (χ2n) is 4.38. The summed E-state index contributed by atoms with van der Waals surface area (Å²) >= 11 is 0. The van der Waals surface area contributed by atoms with Crippen molar-refractivity contribution in [3.05, 3.63) is 29.3 Å². The zero-order valence-corrected chi connectivity index (χ0v) is 9.69. The van der Waals surface area contributed by atoms with E-state index in [-0.39, 0.29) is 17.8 Å². The van der Waals surface area contributed by atoms with Crippen molar-refractivity contribution >= 4 is 11.7 Å². The second-order valence-corrected chi connectivity index (χ2v) is 4.38. The number of esters is 1. The standard InChI is InChI=1S/C13H17NO2/c1-8(13(15)16-2)10-7-6-9-4-3-5-11(14)12(9)10/h3-5,8,10H,6-7,14H2,1-2H3. The predicted octanol–water partition coefficient (Wildman–Crippen LogP) is 2.11. The molecule has 2 N–H and O–H groups in total. The predicted molar refractivity (Wildman–Crippen MR) is 63.1 cm³/mol. The number of nitrogens with two attached hydrogens (primary N) is 1. The third kappa shape index (κ3) is 1.66. The number of methoxy groups -OCH3 is 1. The fourth-order valence-electron chi connectivity index (χ4n) is 2.61. The van der Waals surface area contributed by atoms with Crippen molar-refractivity contribution in [3.63, 3.8) is 0 Å². The number of benzene rings is 1. The molecule has 1 aromatic rings. The van der Waals surface area contributed by atoms with E-state index in [1.165, 1.54) is 12.7 Å². The molecule has 2 rings (SSSR count). The molecule has 0 bridgehead atoms. The highest BCUT2D eigenvalue weighted by atomic mass is 16.5. The summed E-state index contributed by atoms with van der Waals surface area (Å²) in [7, 11) is 1.43. The van der Waals surface area contributed by atoms with E-state index in [1.54, 1.807) is 0 Å². The molecule has 3 nitrogen and oxygen atoms in total. The number of hydrogen-bond donors (Lipinski definition) is 1. The average Bonchev–Trinajstić information content (AvgIpc) is 2.72. The van der Waals surface area contributed by atoms with Crippen molar-refractivity contribution in [2.45, 2.75) is 25.7 Å². The summed E-state index contributed by atoms with van der Waals surface area (Å²) in [5.41, 5.74) is 9.22. The Bertz CT molecular complexity index is 414. The quantitative estimate of drug-likeness (QED) is 0.612. The SMILES string of the molecule is COC(=O)C(C)C1CCc2cccc(N)c21. The van der Waals surface area contributed by atoms with Gasteiger partial charge in [0.25, 0.3) is 0 Å². The van der Waals surface area contributed by atoms with Gasteiger partial charge in [-0.2, -0.15) is 0 Å². The first-order valence-corrected chi connectivity index (χ1v) is 5.60. The Morgan fingerprint density at radius 3 is 3.00 bits per heavy atom. The van der Waals surface area contributed by atoms with Crippen LogP contribution in [0.3, 0.4) is 0 Å². The van der Waals surface area contributed by atoms with Crippen LogP contribution in [0.25, 0.3) is 0 Å². The van der Waals surface area contributed by atoms with Gasteiger partial charge in [-0.25, -0.2) is 0 Å². The molecular weight excluding hydrogens is 202 g/mol. The van der Waals surface area contributed by atoms with Gasteiger partial charge in [0.2, 0.25) is 0 Å². The highest BCUT2D eigenvalue weighted by molar-refractivity contribution is 5.74. The van der Waals surface area contributed by atoms with E-state index in [1.807, 2.05) is 19.1 Å². The molecule has 0 aliphatic heterocycles. The van der Waals surface area contributed by atoms with E-state index in [4.69, 9.17) is 10.5 Å². The molecule has 3 heteroatoms. The minimum atomic E-state index is -0.152. The van der Waals surface area contributed by atoms with Gasteiger partial charge in [0.15, 0.2) is 0 Å². The van der Waals surface area contributed by atoms with E-state index in [0.717, 1.165) is 24.1 Å². The van der Waals surface area contributed by atoms with Gasteiger partial charge >= 0.3 is 5.97 Å². The molecule has 0 heterocycles. The fourth-order valence-corrected chi connectivity index (χ4v) is 2.61. The number of fused-ring (bicyclic) bond motifs is 1. The van der Waals surface area contributed by atoms with Crippen LogP contribution in [-0.4, -0.2) is 13.1 Å². The van der Waals surface area contributed by atoms with Crippen LogP contribution in [-0.2, 0) is 16.0 Å². The molecule has 2 unspecified atom stereocenters. The lowest BCUT2D eigenvalue weighted by atomic mass is 9.88. The zero-order chi connectivity index (χ0) is 11.7. The normalized spacial score (nSPS) is 20.2. The van der Waals surface area contributed by atoms with Crippen molar-refractivity contribution in [1.29, 1.82) is 0 Å². The summed E-state index contributed by atoms with van der Waals surface area (Å²) in [5.74, 6) is -0.0549. The summed E-state index contributed by atoms with van der Waals surface area (Å²) in [5, 5.41) is 0. The topological polar surface area (TPSA) is 52.3 Å². The monoisotopic (exact) mass is 219 g/mol. The van der Waals surface area contributed by atoms with E-state index in [2.05, 4.69) is 6.07 Å². The molecule has 0 spiro atoms. The van der Waals surface area contributed by atoms with Crippen LogP contribution < -0.4 is 5.73 Å².